The Hall–Kier alpha value is -0.360. The molecule has 0 aromatic carbocycles. The van der Waals surface area contributed by atoms with Gasteiger partial charge in [0.2, 0.25) is 5.91 Å². The molecule has 4 nitrogen and oxygen atoms in total. The van der Waals surface area contributed by atoms with E-state index in [4.69, 9.17) is 0 Å². The van der Waals surface area contributed by atoms with E-state index in [0.29, 0.717) is 11.9 Å². The number of carbonyl (C=O) groups is 1. The van der Waals surface area contributed by atoms with Crippen LogP contribution in [0, 0.1) is 0 Å². The predicted molar refractivity (Wildman–Crippen MR) is 56.5 cm³/mol. The Morgan fingerprint density at radius 1 is 1.77 bits per heavy atom. The fraction of sp³-hybridized carbons (Fsp3) is 0.429. The maximum absolute atomic E-state index is 10.9. The molecule has 72 valence electrons. The third-order valence-corrected chi connectivity index (χ3v) is 2.60. The SMILES string of the molecule is Cn1cc(Br)c(CNC(=O)CBr)n1. The van der Waals surface area contributed by atoms with Gasteiger partial charge in [-0.25, -0.2) is 0 Å². The Bertz CT molecular complexity index is 311. The molecule has 1 rings (SSSR count). The zero-order valence-corrected chi connectivity index (χ0v) is 10.2. The molecule has 1 aromatic rings. The molecule has 0 bridgehead atoms. The normalized spacial score (nSPS) is 10.1. The molecule has 0 aliphatic carbocycles. The van der Waals surface area contributed by atoms with Gasteiger partial charge < -0.3 is 5.32 Å². The third-order valence-electron chi connectivity index (χ3n) is 1.43. The summed E-state index contributed by atoms with van der Waals surface area (Å²) in [5, 5.41) is 7.18. The Kier molecular flexibility index (Phi) is 3.92. The van der Waals surface area contributed by atoms with Crippen LogP contribution in [0.25, 0.3) is 0 Å². The van der Waals surface area contributed by atoms with Crippen molar-refractivity contribution >= 4 is 37.8 Å². The van der Waals surface area contributed by atoms with Crippen LogP contribution in [0.15, 0.2) is 10.7 Å². The van der Waals surface area contributed by atoms with Gasteiger partial charge in [0.05, 0.1) is 22.0 Å². The zero-order chi connectivity index (χ0) is 9.84. The first-order valence-corrected chi connectivity index (χ1v) is 5.55. The molecule has 0 saturated heterocycles. The summed E-state index contributed by atoms with van der Waals surface area (Å²) < 4.78 is 2.60. The number of nitrogens with zero attached hydrogens (tertiary/aromatic N) is 2. The fourth-order valence-corrected chi connectivity index (χ4v) is 1.57. The van der Waals surface area contributed by atoms with E-state index >= 15 is 0 Å². The number of alkyl halides is 1. The highest BCUT2D eigenvalue weighted by Crippen LogP contribution is 2.13. The largest absolute Gasteiger partial charge is 0.350 e. The molecule has 0 unspecified atom stereocenters. The Morgan fingerprint density at radius 3 is 2.92 bits per heavy atom. The Balaban J connectivity index is 2.54. The van der Waals surface area contributed by atoms with Gasteiger partial charge in [-0.3, -0.25) is 9.48 Å². The molecule has 0 spiro atoms. The summed E-state index contributed by atoms with van der Waals surface area (Å²) in [7, 11) is 1.83. The lowest BCUT2D eigenvalue weighted by molar-refractivity contribution is -0.118. The molecular weight excluding hydrogens is 302 g/mol. The van der Waals surface area contributed by atoms with E-state index in [1.165, 1.54) is 0 Å². The van der Waals surface area contributed by atoms with Crippen LogP contribution in [0.1, 0.15) is 5.69 Å². The van der Waals surface area contributed by atoms with Gasteiger partial charge in [-0.05, 0) is 15.9 Å². The van der Waals surface area contributed by atoms with E-state index in [0.717, 1.165) is 10.2 Å². The molecular formula is C7H9Br2N3O. The van der Waals surface area contributed by atoms with E-state index in [1.54, 1.807) is 4.68 Å². The van der Waals surface area contributed by atoms with Crippen molar-refractivity contribution in [3.63, 3.8) is 0 Å². The summed E-state index contributed by atoms with van der Waals surface area (Å²) in [6.45, 7) is 0.450. The van der Waals surface area contributed by atoms with E-state index < -0.39 is 0 Å². The fourth-order valence-electron chi connectivity index (χ4n) is 0.855. The average molecular weight is 311 g/mol. The molecule has 1 N–H and O–H groups in total. The summed E-state index contributed by atoms with van der Waals surface area (Å²) in [6.07, 6.45) is 1.84. The van der Waals surface area contributed by atoms with Crippen molar-refractivity contribution in [1.29, 1.82) is 0 Å². The summed E-state index contributed by atoms with van der Waals surface area (Å²) in [5.74, 6) is -0.0439. The van der Waals surface area contributed by atoms with Crippen molar-refractivity contribution in [3.8, 4) is 0 Å². The average Bonchev–Trinajstić information content (AvgIpc) is 2.41. The number of hydrogen-bond donors (Lipinski definition) is 1. The van der Waals surface area contributed by atoms with Crippen LogP contribution in [0.2, 0.25) is 0 Å². The van der Waals surface area contributed by atoms with Crippen LogP contribution in [0.5, 0.6) is 0 Å². The van der Waals surface area contributed by atoms with Crippen molar-refractivity contribution in [3.05, 3.63) is 16.4 Å². The Labute approximate surface area is 92.9 Å². The van der Waals surface area contributed by atoms with Gasteiger partial charge in [0, 0.05) is 13.2 Å². The van der Waals surface area contributed by atoms with Crippen LogP contribution >= 0.6 is 31.9 Å². The van der Waals surface area contributed by atoms with E-state index in [9.17, 15) is 4.79 Å². The highest BCUT2D eigenvalue weighted by molar-refractivity contribution is 9.10. The van der Waals surface area contributed by atoms with Crippen LogP contribution in [-0.2, 0) is 18.4 Å². The minimum absolute atomic E-state index is 0.0439. The molecule has 0 aliphatic rings. The highest BCUT2D eigenvalue weighted by Gasteiger charge is 2.05. The van der Waals surface area contributed by atoms with E-state index in [1.807, 2.05) is 13.2 Å². The minimum Gasteiger partial charge on any atom is -0.350 e. The second-order valence-corrected chi connectivity index (χ2v) is 3.92. The summed E-state index contributed by atoms with van der Waals surface area (Å²) in [4.78, 5) is 10.9. The molecule has 0 saturated carbocycles. The number of nitrogens with one attached hydrogen (secondary N) is 1. The summed E-state index contributed by atoms with van der Waals surface area (Å²) in [6, 6.07) is 0. The maximum atomic E-state index is 10.9. The van der Waals surface area contributed by atoms with Crippen molar-refractivity contribution < 1.29 is 4.79 Å². The second kappa shape index (κ2) is 4.76. The van der Waals surface area contributed by atoms with Crippen molar-refractivity contribution in [2.24, 2.45) is 7.05 Å². The van der Waals surface area contributed by atoms with Crippen LogP contribution < -0.4 is 5.32 Å². The standard InChI is InChI=1S/C7H9Br2N3O/c1-12-4-5(9)6(11-12)3-10-7(13)2-8/h4H,2-3H2,1H3,(H,10,13). The zero-order valence-electron chi connectivity index (χ0n) is 7.05. The first-order chi connectivity index (χ1) is 6.13. The quantitative estimate of drug-likeness (QED) is 0.853. The van der Waals surface area contributed by atoms with Gasteiger partial charge in [0.25, 0.3) is 0 Å². The van der Waals surface area contributed by atoms with Crippen molar-refractivity contribution in [2.75, 3.05) is 5.33 Å². The molecule has 0 radical (unpaired) electrons. The number of aromatic nitrogens is 2. The number of aryl methyl sites for hydroxylation is 1. The number of halogens is 2. The lowest BCUT2D eigenvalue weighted by atomic mass is 10.4. The molecule has 0 atom stereocenters. The van der Waals surface area contributed by atoms with Gasteiger partial charge in [0.1, 0.15) is 0 Å². The van der Waals surface area contributed by atoms with E-state index in [2.05, 4.69) is 42.3 Å². The maximum Gasteiger partial charge on any atom is 0.230 e. The van der Waals surface area contributed by atoms with Crippen LogP contribution in [0.3, 0.4) is 0 Å². The summed E-state index contributed by atoms with van der Waals surface area (Å²) >= 11 is 6.41. The van der Waals surface area contributed by atoms with Crippen molar-refractivity contribution in [1.82, 2.24) is 15.1 Å². The predicted octanol–water partition coefficient (Wildman–Crippen LogP) is 1.19. The molecule has 0 aliphatic heterocycles. The highest BCUT2D eigenvalue weighted by atomic mass is 79.9. The molecule has 0 fully saturated rings. The monoisotopic (exact) mass is 309 g/mol. The van der Waals surface area contributed by atoms with Gasteiger partial charge >= 0.3 is 0 Å². The topological polar surface area (TPSA) is 46.9 Å². The van der Waals surface area contributed by atoms with Gasteiger partial charge in [0.15, 0.2) is 0 Å². The molecule has 6 heteroatoms. The molecule has 1 aromatic heterocycles. The molecule has 13 heavy (non-hydrogen) atoms. The van der Waals surface area contributed by atoms with Gasteiger partial charge in [-0.1, -0.05) is 15.9 Å². The van der Waals surface area contributed by atoms with Crippen LogP contribution in [0.4, 0.5) is 0 Å². The number of amides is 1. The Morgan fingerprint density at radius 2 is 2.46 bits per heavy atom. The second-order valence-electron chi connectivity index (χ2n) is 2.51. The molecule has 1 amide bonds. The van der Waals surface area contributed by atoms with Gasteiger partial charge in [-0.2, -0.15) is 5.10 Å². The first kappa shape index (κ1) is 10.7. The number of rotatable bonds is 3. The number of carbonyl (C=O) groups excluding carboxylic acids is 1. The first-order valence-electron chi connectivity index (χ1n) is 3.64. The van der Waals surface area contributed by atoms with Crippen LogP contribution in [-0.4, -0.2) is 21.0 Å². The van der Waals surface area contributed by atoms with Gasteiger partial charge in [-0.15, -0.1) is 0 Å². The molecule has 1 heterocycles. The van der Waals surface area contributed by atoms with Crippen molar-refractivity contribution in [2.45, 2.75) is 6.54 Å². The van der Waals surface area contributed by atoms with E-state index in [-0.39, 0.29) is 5.91 Å². The summed E-state index contributed by atoms with van der Waals surface area (Å²) in [5.41, 5.74) is 0.830. The number of hydrogen-bond acceptors (Lipinski definition) is 2. The minimum atomic E-state index is -0.0439. The smallest absolute Gasteiger partial charge is 0.230 e. The lowest BCUT2D eigenvalue weighted by Crippen LogP contribution is -2.23. The third kappa shape index (κ3) is 3.11. The lowest BCUT2D eigenvalue weighted by Gasteiger charge is -1.99.